The number of carboxylic acid groups (broad SMARTS) is 2. The molecule has 21 heavy (non-hydrogen) atoms. The van der Waals surface area contributed by atoms with Gasteiger partial charge in [-0.05, 0) is 6.08 Å². The number of hydrazine groups is 1. The predicted octanol–water partition coefficient (Wildman–Crippen LogP) is -1.33. The largest absolute Gasteiger partial charge is 0.480 e. The second-order valence-electron chi connectivity index (χ2n) is 4.39. The van der Waals surface area contributed by atoms with Gasteiger partial charge in [0, 0.05) is 19.3 Å². The van der Waals surface area contributed by atoms with Crippen LogP contribution in [0.1, 0.15) is 19.3 Å². The van der Waals surface area contributed by atoms with Crippen molar-refractivity contribution in [2.45, 2.75) is 24.8 Å². The van der Waals surface area contributed by atoms with Crippen molar-refractivity contribution in [3.8, 4) is 0 Å². The summed E-state index contributed by atoms with van der Waals surface area (Å²) in [7, 11) is 0. The number of carboxylic acids is 2. The molecule has 0 bridgehead atoms. The van der Waals surface area contributed by atoms with Crippen LogP contribution in [-0.2, 0) is 19.2 Å². The molecule has 9 nitrogen and oxygen atoms in total. The molecule has 9 heteroatoms. The quantitative estimate of drug-likeness (QED) is 0.243. The number of carbonyl (C=O) groups excluding carboxylic acids is 2. The minimum Gasteiger partial charge on any atom is -0.480 e. The average molecular weight is 297 g/mol. The summed E-state index contributed by atoms with van der Waals surface area (Å²) in [4.78, 5) is 41.6. The van der Waals surface area contributed by atoms with E-state index in [2.05, 4.69) is 10.7 Å². The molecule has 0 saturated carbocycles. The van der Waals surface area contributed by atoms with Gasteiger partial charge in [0.1, 0.15) is 0 Å². The van der Waals surface area contributed by atoms with Crippen molar-refractivity contribution in [2.75, 3.05) is 0 Å². The van der Waals surface area contributed by atoms with Crippen molar-refractivity contribution in [3.05, 3.63) is 23.8 Å². The Balaban J connectivity index is 0.000000262. The van der Waals surface area contributed by atoms with Crippen LogP contribution >= 0.6 is 0 Å². The normalized spacial score (nSPS) is 23.8. The predicted molar refractivity (Wildman–Crippen MR) is 69.5 cm³/mol. The maximum atomic E-state index is 10.8. The zero-order valence-electron chi connectivity index (χ0n) is 11.0. The highest BCUT2D eigenvalue weighted by molar-refractivity contribution is 6.01. The Morgan fingerprint density at radius 2 is 1.81 bits per heavy atom. The van der Waals surface area contributed by atoms with Crippen molar-refractivity contribution >= 4 is 23.8 Å². The molecule has 0 radical (unpaired) electrons. The van der Waals surface area contributed by atoms with Crippen LogP contribution in [0.5, 0.6) is 0 Å². The van der Waals surface area contributed by atoms with Crippen molar-refractivity contribution in [1.29, 1.82) is 0 Å². The van der Waals surface area contributed by atoms with Gasteiger partial charge in [0.2, 0.25) is 11.8 Å². The molecule has 6 N–H and O–H groups in total. The highest BCUT2D eigenvalue weighted by Crippen LogP contribution is 2.20. The van der Waals surface area contributed by atoms with E-state index in [0.29, 0.717) is 12.8 Å². The lowest BCUT2D eigenvalue weighted by atomic mass is 9.89. The number of amides is 2. The van der Waals surface area contributed by atoms with E-state index in [-0.39, 0.29) is 23.8 Å². The first kappa shape index (κ1) is 16.5. The standard InChI is InChI=1S/C8H10N2O4.C4H5NO2/c9-10-8(7(13)14)3-1-5(2-4-8)6(11)12;6-3-1-2-4(7)5-3/h1-3,10H,4,9H2,(H,11,12)(H,13,14);1-2H2,(H,5,6,7). The Kier molecular flexibility index (Phi) is 5.33. The second-order valence-corrected chi connectivity index (χ2v) is 4.39. The Morgan fingerprint density at radius 1 is 1.24 bits per heavy atom. The van der Waals surface area contributed by atoms with Gasteiger partial charge in [0.25, 0.3) is 0 Å². The van der Waals surface area contributed by atoms with E-state index < -0.39 is 17.5 Å². The molecule has 0 aromatic heterocycles. The maximum absolute atomic E-state index is 10.8. The summed E-state index contributed by atoms with van der Waals surface area (Å²) in [6.45, 7) is 0. The van der Waals surface area contributed by atoms with E-state index >= 15 is 0 Å². The zero-order valence-corrected chi connectivity index (χ0v) is 11.0. The van der Waals surface area contributed by atoms with E-state index in [1.807, 2.05) is 0 Å². The molecule has 1 aliphatic carbocycles. The lowest BCUT2D eigenvalue weighted by molar-refractivity contribution is -0.143. The third kappa shape index (κ3) is 4.23. The lowest BCUT2D eigenvalue weighted by Crippen LogP contribution is -2.54. The molecule has 114 valence electrons. The number of nitrogens with one attached hydrogen (secondary N) is 2. The first-order valence-corrected chi connectivity index (χ1v) is 5.97. The number of hydrogen-bond acceptors (Lipinski definition) is 6. The molecular formula is C12H15N3O6. The number of rotatable bonds is 3. The van der Waals surface area contributed by atoms with Gasteiger partial charge in [-0.2, -0.15) is 0 Å². The van der Waals surface area contributed by atoms with Crippen molar-refractivity contribution in [3.63, 3.8) is 0 Å². The highest BCUT2D eigenvalue weighted by atomic mass is 16.4. The number of imide groups is 1. The number of carbonyl (C=O) groups is 4. The van der Waals surface area contributed by atoms with Crippen LogP contribution < -0.4 is 16.6 Å². The van der Waals surface area contributed by atoms with Crippen LogP contribution in [-0.4, -0.2) is 39.5 Å². The summed E-state index contributed by atoms with van der Waals surface area (Å²) in [6.07, 6.45) is 4.53. The van der Waals surface area contributed by atoms with Crippen molar-refractivity contribution in [2.24, 2.45) is 5.84 Å². The molecule has 0 aromatic carbocycles. The van der Waals surface area contributed by atoms with E-state index in [9.17, 15) is 19.2 Å². The highest BCUT2D eigenvalue weighted by Gasteiger charge is 2.35. The van der Waals surface area contributed by atoms with E-state index in [1.165, 1.54) is 18.2 Å². The van der Waals surface area contributed by atoms with Gasteiger partial charge in [-0.25, -0.2) is 15.0 Å². The number of nitrogens with two attached hydrogens (primary N) is 1. The monoisotopic (exact) mass is 297 g/mol. The summed E-state index contributed by atoms with van der Waals surface area (Å²) in [5.74, 6) is 2.58. The van der Waals surface area contributed by atoms with E-state index in [1.54, 1.807) is 0 Å². The average Bonchev–Trinajstić information content (AvgIpc) is 2.82. The second kappa shape index (κ2) is 6.77. The first-order valence-electron chi connectivity index (χ1n) is 5.97. The fourth-order valence-electron chi connectivity index (χ4n) is 1.63. The molecule has 0 aromatic rings. The van der Waals surface area contributed by atoms with Gasteiger partial charge in [0.05, 0.1) is 5.57 Å². The van der Waals surface area contributed by atoms with Crippen LogP contribution in [0.25, 0.3) is 0 Å². The Labute approximate surface area is 119 Å². The first-order chi connectivity index (χ1) is 9.80. The third-order valence-electron chi connectivity index (χ3n) is 2.94. The lowest BCUT2D eigenvalue weighted by Gasteiger charge is -2.25. The fraction of sp³-hybridized carbons (Fsp3) is 0.333. The Morgan fingerprint density at radius 3 is 2.05 bits per heavy atom. The van der Waals surface area contributed by atoms with E-state index in [4.69, 9.17) is 16.1 Å². The minimum atomic E-state index is -1.39. The van der Waals surface area contributed by atoms with Gasteiger partial charge in [0.15, 0.2) is 5.54 Å². The zero-order chi connectivity index (χ0) is 16.0. The molecule has 1 saturated heterocycles. The van der Waals surface area contributed by atoms with Crippen LogP contribution in [0, 0.1) is 0 Å². The summed E-state index contributed by atoms with van der Waals surface area (Å²) < 4.78 is 0. The van der Waals surface area contributed by atoms with Gasteiger partial charge < -0.3 is 10.2 Å². The summed E-state index contributed by atoms with van der Waals surface area (Å²) in [5, 5.41) is 19.6. The summed E-state index contributed by atoms with van der Waals surface area (Å²) in [5.41, 5.74) is 0.829. The molecule has 1 heterocycles. The van der Waals surface area contributed by atoms with Crippen LogP contribution in [0.15, 0.2) is 23.8 Å². The van der Waals surface area contributed by atoms with Crippen LogP contribution in [0.2, 0.25) is 0 Å². The van der Waals surface area contributed by atoms with Crippen molar-refractivity contribution < 1.29 is 29.4 Å². The molecule has 2 rings (SSSR count). The molecule has 1 unspecified atom stereocenters. The fourth-order valence-corrected chi connectivity index (χ4v) is 1.63. The Bertz CT molecular complexity index is 525. The smallest absolute Gasteiger partial charge is 0.335 e. The maximum Gasteiger partial charge on any atom is 0.335 e. The van der Waals surface area contributed by atoms with Gasteiger partial charge in [-0.1, -0.05) is 12.2 Å². The SMILES string of the molecule is NNC1(C(=O)O)C=CC(C(=O)O)=CC1.O=C1CCC(=O)N1. The van der Waals surface area contributed by atoms with E-state index in [0.717, 1.165) is 0 Å². The molecule has 1 aliphatic heterocycles. The molecule has 1 fully saturated rings. The van der Waals surface area contributed by atoms with Crippen LogP contribution in [0.4, 0.5) is 0 Å². The minimum absolute atomic E-state index is 0.0109. The third-order valence-corrected chi connectivity index (χ3v) is 2.94. The van der Waals surface area contributed by atoms with Crippen LogP contribution in [0.3, 0.4) is 0 Å². The Hall–Kier alpha value is -2.52. The van der Waals surface area contributed by atoms with Gasteiger partial charge in [-0.15, -0.1) is 0 Å². The van der Waals surface area contributed by atoms with Crippen molar-refractivity contribution in [1.82, 2.24) is 10.7 Å². The number of aliphatic carboxylic acids is 2. The number of hydrogen-bond donors (Lipinski definition) is 5. The molecular weight excluding hydrogens is 282 g/mol. The molecule has 1 atom stereocenters. The van der Waals surface area contributed by atoms with Gasteiger partial charge in [-0.3, -0.25) is 20.7 Å². The van der Waals surface area contributed by atoms with Gasteiger partial charge >= 0.3 is 11.9 Å². The molecule has 0 spiro atoms. The summed E-state index contributed by atoms with van der Waals surface area (Å²) >= 11 is 0. The molecule has 2 aliphatic rings. The topological polar surface area (TPSA) is 159 Å². The molecule has 2 amide bonds. The summed E-state index contributed by atoms with van der Waals surface area (Å²) in [6, 6.07) is 0.